The molecule has 22 nitrogen and oxygen atoms in total. The second kappa shape index (κ2) is 18.0. The Balaban J connectivity index is 0.00000561. The Morgan fingerprint density at radius 2 is 1.67 bits per heavy atom. The average Bonchev–Trinajstić information content (AvgIpc) is 3.89. The highest BCUT2D eigenvalue weighted by molar-refractivity contribution is 8.54. The van der Waals surface area contributed by atoms with E-state index < -0.39 is 94.2 Å². The molecule has 3 aliphatic rings. The Morgan fingerprint density at radius 3 is 2.39 bits per heavy atom. The van der Waals surface area contributed by atoms with Crippen molar-refractivity contribution in [3.05, 3.63) is 111 Å². The van der Waals surface area contributed by atoms with E-state index in [0.29, 0.717) is 22.5 Å². The first-order valence-electron chi connectivity index (χ1n) is 18.0. The van der Waals surface area contributed by atoms with E-state index in [1.165, 1.54) is 30.1 Å². The molecule has 326 valence electrons. The molecule has 0 spiro atoms. The number of hydrogen-bond donors (Lipinski definition) is 3. The molecule has 3 aromatic heterocycles. The number of nitrogen functional groups attached to an aromatic ring is 1. The molecule has 4 bridgehead atoms. The molecule has 3 fully saturated rings. The van der Waals surface area contributed by atoms with Crippen LogP contribution >= 0.6 is 26.0 Å². The van der Waals surface area contributed by atoms with Gasteiger partial charge in [-0.3, -0.25) is 32.5 Å². The summed E-state index contributed by atoms with van der Waals surface area (Å²) < 4.78 is 92.8. The van der Waals surface area contributed by atoms with Gasteiger partial charge in [0.1, 0.15) is 48.1 Å². The summed E-state index contributed by atoms with van der Waals surface area (Å²) in [5.41, 5.74) is 6.33. The minimum absolute atomic E-state index is 0. The molecule has 5 aromatic rings. The number of imidazole rings is 1. The van der Waals surface area contributed by atoms with Gasteiger partial charge in [-0.05, 0) is 48.1 Å². The van der Waals surface area contributed by atoms with Crippen LogP contribution in [0.4, 0.5) is 10.2 Å². The highest BCUT2D eigenvalue weighted by atomic mass is 32.7. The van der Waals surface area contributed by atoms with Crippen LogP contribution in [0.1, 0.15) is 33.9 Å². The number of nitrogens with two attached hydrogens (primary N) is 1. The number of phosphoric ester groups is 1. The third-order valence-corrected chi connectivity index (χ3v) is 14.3. The summed E-state index contributed by atoms with van der Waals surface area (Å²) in [5.74, 6) is -0.395. The van der Waals surface area contributed by atoms with Crippen molar-refractivity contribution in [2.24, 2.45) is 0 Å². The molecular weight excluding hydrogens is 869 g/mol. The van der Waals surface area contributed by atoms with E-state index in [0.717, 1.165) is 28.7 Å². The molecule has 26 heteroatoms. The van der Waals surface area contributed by atoms with Gasteiger partial charge in [0.25, 0.3) is 13.4 Å². The van der Waals surface area contributed by atoms with Crippen molar-refractivity contribution in [1.29, 1.82) is 0 Å². The number of halogens is 1. The number of aryl methyl sites for hydroxylation is 1. The number of nitrogens with one attached hydrogen (secondary N) is 1. The van der Waals surface area contributed by atoms with Crippen molar-refractivity contribution in [3.8, 4) is 5.75 Å². The summed E-state index contributed by atoms with van der Waals surface area (Å²) in [7, 11) is -4.18. The Bertz CT molecular complexity index is 2600. The van der Waals surface area contributed by atoms with Crippen LogP contribution in [0, 0.1) is 6.92 Å². The molecule has 0 aliphatic carbocycles. The summed E-state index contributed by atoms with van der Waals surface area (Å²) in [6.07, 6.45) is -9.59. The number of rotatable bonds is 8. The Labute approximate surface area is 348 Å². The monoisotopic (exact) mass is 908 g/mol. The number of methoxy groups -OCH3 is 1. The topological polar surface area (TPSA) is 309 Å². The maximum absolute atomic E-state index is 16.4. The molecule has 3 saturated heterocycles. The van der Waals surface area contributed by atoms with Crippen LogP contribution in [0.3, 0.4) is 0 Å². The summed E-state index contributed by atoms with van der Waals surface area (Å²) in [5, 5.41) is 0. The summed E-state index contributed by atoms with van der Waals surface area (Å²) >= 11 is 0.680. The van der Waals surface area contributed by atoms with Crippen LogP contribution in [0.5, 0.6) is 5.75 Å². The summed E-state index contributed by atoms with van der Waals surface area (Å²) in [6, 6.07) is 14.2. The van der Waals surface area contributed by atoms with E-state index in [1.807, 2.05) is 6.92 Å². The lowest BCUT2D eigenvalue weighted by atomic mass is 10.1. The van der Waals surface area contributed by atoms with Gasteiger partial charge in [-0.2, -0.15) is 0 Å². The number of carbonyl (C=O) groups excluding carboxylic acids is 1. The fraction of sp³-hybridized carbons (Fsp3) is 0.371. The molecule has 0 saturated carbocycles. The zero-order valence-corrected chi connectivity index (χ0v) is 35.0. The van der Waals surface area contributed by atoms with E-state index in [2.05, 4.69) is 19.9 Å². The first kappa shape index (κ1) is 44.4. The van der Waals surface area contributed by atoms with Gasteiger partial charge in [0.15, 0.2) is 30.1 Å². The van der Waals surface area contributed by atoms with Crippen molar-refractivity contribution in [2.45, 2.75) is 61.8 Å². The van der Waals surface area contributed by atoms with Crippen molar-refractivity contribution < 1.29 is 60.3 Å². The van der Waals surface area contributed by atoms with Crippen molar-refractivity contribution in [1.82, 2.24) is 35.2 Å². The molecule has 10 atom stereocenters. The van der Waals surface area contributed by atoms with Crippen LogP contribution in [0.2, 0.25) is 0 Å². The predicted molar refractivity (Wildman–Crippen MR) is 211 cm³/mol. The molecule has 61 heavy (non-hydrogen) atoms. The number of fused-ring (bicyclic) bond motifs is 5. The van der Waals surface area contributed by atoms with Crippen LogP contribution in [-0.4, -0.2) is 92.1 Å². The maximum Gasteiger partial charge on any atom is 0.390 e. The lowest BCUT2D eigenvalue weighted by Crippen LogP contribution is -2.40. The van der Waals surface area contributed by atoms with Crippen LogP contribution in [0.25, 0.3) is 11.2 Å². The molecule has 7 N–H and O–H groups in total. The van der Waals surface area contributed by atoms with E-state index in [-0.39, 0.29) is 34.6 Å². The van der Waals surface area contributed by atoms with E-state index in [9.17, 15) is 28.4 Å². The van der Waals surface area contributed by atoms with Crippen molar-refractivity contribution in [3.63, 3.8) is 0 Å². The summed E-state index contributed by atoms with van der Waals surface area (Å²) in [6.45, 7) is -4.26. The second-order valence-electron chi connectivity index (χ2n) is 13.7. The quantitative estimate of drug-likeness (QED) is 0.114. The van der Waals surface area contributed by atoms with Gasteiger partial charge in [-0.25, -0.2) is 33.5 Å². The van der Waals surface area contributed by atoms with Gasteiger partial charge < -0.3 is 44.8 Å². The molecule has 8 rings (SSSR count). The maximum atomic E-state index is 16.4. The fourth-order valence-electron chi connectivity index (χ4n) is 6.73. The number of carbonyl (C=O) groups is 1. The van der Waals surface area contributed by atoms with Gasteiger partial charge in [0.05, 0.1) is 25.1 Å². The molecule has 2 aromatic carbocycles. The number of benzene rings is 2. The molecule has 3 aliphatic heterocycles. The predicted octanol–water partition coefficient (Wildman–Crippen LogP) is 3.34. The third-order valence-electron chi connectivity index (χ3n) is 9.71. The first-order chi connectivity index (χ1) is 28.7. The Hall–Kier alpha value is -4.68. The second-order valence-corrected chi connectivity index (χ2v) is 19.1. The van der Waals surface area contributed by atoms with Crippen LogP contribution in [-0.2, 0) is 47.2 Å². The van der Waals surface area contributed by atoms with Gasteiger partial charge in [0, 0.05) is 25.1 Å². The van der Waals surface area contributed by atoms with E-state index in [1.54, 1.807) is 36.4 Å². The molecule has 0 radical (unpaired) electrons. The minimum atomic E-state index is -5.41. The number of aromatic amines is 1. The highest BCUT2D eigenvalue weighted by Gasteiger charge is 2.54. The number of H-pyrrole nitrogens is 1. The zero-order valence-electron chi connectivity index (χ0n) is 32.4. The van der Waals surface area contributed by atoms with Gasteiger partial charge >= 0.3 is 18.5 Å². The largest absolute Gasteiger partial charge is 0.756 e. The van der Waals surface area contributed by atoms with E-state index in [4.69, 9.17) is 42.8 Å². The number of ether oxygens (including phenoxy) is 4. The average molecular weight is 909 g/mol. The van der Waals surface area contributed by atoms with Gasteiger partial charge in [-0.15, -0.1) is 0 Å². The van der Waals surface area contributed by atoms with Crippen molar-refractivity contribution in [2.75, 3.05) is 26.1 Å². The zero-order chi connectivity index (χ0) is 42.3. The van der Waals surface area contributed by atoms with E-state index >= 15 is 4.39 Å². The number of esters is 1. The van der Waals surface area contributed by atoms with Gasteiger partial charge in [0.2, 0.25) is 0 Å². The first-order valence-corrected chi connectivity index (χ1v) is 22.6. The van der Waals surface area contributed by atoms with Crippen LogP contribution in [0.15, 0.2) is 83.0 Å². The number of nitrogens with zero attached hydrogens (tertiary/aromatic N) is 5. The molecule has 6 heterocycles. The Morgan fingerprint density at radius 1 is 0.967 bits per heavy atom. The van der Waals surface area contributed by atoms with Gasteiger partial charge in [-0.1, -0.05) is 29.8 Å². The Kier molecular flexibility index (Phi) is 13.1. The number of alkyl halides is 1. The minimum Gasteiger partial charge on any atom is -0.756 e. The smallest absolute Gasteiger partial charge is 0.390 e. The number of quaternary nitrogens is 1. The number of aromatic nitrogens is 6. The number of phosphoric acid groups is 1. The lowest BCUT2D eigenvalue weighted by Gasteiger charge is -2.31. The van der Waals surface area contributed by atoms with Crippen molar-refractivity contribution >= 4 is 49.0 Å². The highest BCUT2D eigenvalue weighted by Crippen LogP contribution is 2.64. The number of hydrogen-bond acceptors (Lipinski definition) is 19. The SMILES string of the molecule is CO[C@H]1[C@H]2O[P@](=O)(SCc3ccc(OC(=O)c4ccc(C)cc4)cc3)OC[C@H]3O[C@@H](n4cnc5c(N)ncnc54)[C@H](OP(=O)([O-])OC[C@H]1O[C@H]2n1ccc(=O)[nH]c1=O)[C@@H]3F.[NH4+]. The van der Waals surface area contributed by atoms with Crippen LogP contribution < -0.4 is 32.8 Å². The third kappa shape index (κ3) is 9.40. The normalized spacial score (nSPS) is 30.4. The fourth-order valence-corrected chi connectivity index (χ4v) is 11.0. The summed E-state index contributed by atoms with van der Waals surface area (Å²) in [4.78, 5) is 65.2. The standard InChI is InChI=1S/C35H36FN7O14P2S.H3N/c1-18-3-7-20(8-4-18)34(45)53-21-9-5-19(6-10-21)15-60-59(49)52-13-22-25(36)28(32(54-22)43-17-40-26-30(37)38-16-39-31(26)43)56-58(47,48)51-14-23-27(50-2)29(57-59)33(55-23)42-12-11-24(44)41-35(42)46;/h3-12,16-17,22-23,25,27-29,32-33H,13-15H2,1-2H3,(H,47,48)(H2,37,38,39)(H,41,44,46);1H3/t22-,23-,25-,27-,28-,29-,32-,33-,59-;/m1./s1. The number of anilines is 1. The molecule has 1 unspecified atom stereocenters. The lowest BCUT2D eigenvalue weighted by molar-refractivity contribution is -0.236. The molecule has 0 amide bonds. The molecular formula is C35H39FN8O14P2S.